The summed E-state index contributed by atoms with van der Waals surface area (Å²) >= 11 is 0. The molecule has 20 heavy (non-hydrogen) atoms. The fraction of sp³-hybridized carbons (Fsp3) is 0.200. The minimum atomic E-state index is -0.407. The standard InChI is InChI=1S/C15H15NO3.Na.H/c1-10-4-6-12(7-5-10)15(18)13-8-9-14(16(13)3)19-11(2)17;;/h4-9H,1-3H3;;. The van der Waals surface area contributed by atoms with E-state index < -0.39 is 5.97 Å². The molecule has 2 aromatic rings. The van der Waals surface area contributed by atoms with Gasteiger partial charge in [-0.1, -0.05) is 29.8 Å². The van der Waals surface area contributed by atoms with E-state index in [0.717, 1.165) is 5.56 Å². The first-order chi connectivity index (χ1) is 8.99. The van der Waals surface area contributed by atoms with Gasteiger partial charge in [0.1, 0.15) is 0 Å². The zero-order chi connectivity index (χ0) is 14.0. The molecule has 0 bridgehead atoms. The molecule has 0 amide bonds. The van der Waals surface area contributed by atoms with Crippen LogP contribution in [0.5, 0.6) is 5.88 Å². The average molecular weight is 281 g/mol. The van der Waals surface area contributed by atoms with Gasteiger partial charge in [-0.2, -0.15) is 0 Å². The van der Waals surface area contributed by atoms with Gasteiger partial charge in [0.2, 0.25) is 11.7 Å². The van der Waals surface area contributed by atoms with Crippen molar-refractivity contribution < 1.29 is 14.3 Å². The Kier molecular flexibility index (Phi) is 5.74. The van der Waals surface area contributed by atoms with Crippen molar-refractivity contribution in [2.75, 3.05) is 0 Å². The van der Waals surface area contributed by atoms with Crippen molar-refractivity contribution >= 4 is 41.3 Å². The number of aromatic nitrogens is 1. The first-order valence-electron chi connectivity index (χ1n) is 5.94. The second-order valence-electron chi connectivity index (χ2n) is 4.40. The summed E-state index contributed by atoms with van der Waals surface area (Å²) in [6, 6.07) is 10.6. The Labute approximate surface area is 140 Å². The second kappa shape index (κ2) is 6.88. The number of ether oxygens (including phenoxy) is 1. The molecule has 0 N–H and O–H groups in total. The number of benzene rings is 1. The normalized spacial score (nSPS) is 9.75. The molecule has 0 fully saturated rings. The predicted molar refractivity (Wildman–Crippen MR) is 78.5 cm³/mol. The first-order valence-corrected chi connectivity index (χ1v) is 5.94. The van der Waals surface area contributed by atoms with Gasteiger partial charge in [0, 0.05) is 25.6 Å². The summed E-state index contributed by atoms with van der Waals surface area (Å²) in [7, 11) is 1.69. The number of aryl methyl sites for hydroxylation is 1. The SMILES string of the molecule is CC(=O)Oc1ccc(C(=O)c2ccc(C)cc2)n1C.[NaH]. The van der Waals surface area contributed by atoms with Gasteiger partial charge in [0.15, 0.2) is 0 Å². The number of rotatable bonds is 3. The van der Waals surface area contributed by atoms with Crippen LogP contribution in [0.15, 0.2) is 36.4 Å². The van der Waals surface area contributed by atoms with Crippen LogP contribution in [0.4, 0.5) is 0 Å². The molecular formula is C15H16NNaO3. The van der Waals surface area contributed by atoms with Gasteiger partial charge in [-0.25, -0.2) is 0 Å². The average Bonchev–Trinajstić information content (AvgIpc) is 2.70. The van der Waals surface area contributed by atoms with Crippen LogP contribution in [0.1, 0.15) is 28.5 Å². The van der Waals surface area contributed by atoms with Crippen LogP contribution < -0.4 is 4.74 Å². The second-order valence-corrected chi connectivity index (χ2v) is 4.40. The number of hydrogen-bond acceptors (Lipinski definition) is 3. The van der Waals surface area contributed by atoms with E-state index in [1.54, 1.807) is 35.9 Å². The quantitative estimate of drug-likeness (QED) is 0.490. The molecule has 0 aliphatic carbocycles. The third-order valence-corrected chi connectivity index (χ3v) is 2.87. The molecule has 5 heteroatoms. The number of hydrogen-bond donors (Lipinski definition) is 0. The third kappa shape index (κ3) is 3.60. The van der Waals surface area contributed by atoms with E-state index in [1.807, 2.05) is 19.1 Å². The van der Waals surface area contributed by atoms with Crippen LogP contribution in [-0.4, -0.2) is 45.9 Å². The molecule has 0 spiro atoms. The molecule has 2 rings (SSSR count). The van der Waals surface area contributed by atoms with Gasteiger partial charge < -0.3 is 9.30 Å². The number of ketones is 1. The Hall–Kier alpha value is -1.36. The molecule has 1 aromatic carbocycles. The molecule has 0 aliphatic rings. The number of esters is 1. The molecular weight excluding hydrogens is 265 g/mol. The van der Waals surface area contributed by atoms with Gasteiger partial charge in [-0.05, 0) is 13.0 Å². The number of carbonyl (C=O) groups is 2. The molecule has 0 atom stereocenters. The van der Waals surface area contributed by atoms with Crippen LogP contribution in [0.3, 0.4) is 0 Å². The topological polar surface area (TPSA) is 48.3 Å². The van der Waals surface area contributed by atoms with Gasteiger partial charge in [0.05, 0.1) is 5.69 Å². The summed E-state index contributed by atoms with van der Waals surface area (Å²) in [5.41, 5.74) is 2.20. The van der Waals surface area contributed by atoms with E-state index in [9.17, 15) is 9.59 Å². The van der Waals surface area contributed by atoms with Gasteiger partial charge >= 0.3 is 35.5 Å². The van der Waals surface area contributed by atoms with Crippen molar-refractivity contribution in [2.24, 2.45) is 7.05 Å². The van der Waals surface area contributed by atoms with Crippen molar-refractivity contribution in [3.05, 3.63) is 53.2 Å². The molecule has 4 nitrogen and oxygen atoms in total. The Balaban J connectivity index is 0.00000200. The Morgan fingerprint density at radius 1 is 1.05 bits per heavy atom. The van der Waals surface area contributed by atoms with E-state index in [0.29, 0.717) is 17.1 Å². The predicted octanol–water partition coefficient (Wildman–Crippen LogP) is 1.84. The van der Waals surface area contributed by atoms with E-state index in [4.69, 9.17) is 4.74 Å². The maximum atomic E-state index is 12.3. The molecule has 0 aliphatic heterocycles. The summed E-state index contributed by atoms with van der Waals surface area (Å²) in [5.74, 6) is -0.139. The number of nitrogens with zero attached hydrogens (tertiary/aromatic N) is 1. The Morgan fingerprint density at radius 2 is 1.65 bits per heavy atom. The van der Waals surface area contributed by atoms with Crippen molar-refractivity contribution in [1.29, 1.82) is 0 Å². The fourth-order valence-electron chi connectivity index (χ4n) is 1.82. The van der Waals surface area contributed by atoms with Crippen molar-refractivity contribution in [2.45, 2.75) is 13.8 Å². The van der Waals surface area contributed by atoms with Gasteiger partial charge in [-0.15, -0.1) is 0 Å². The van der Waals surface area contributed by atoms with E-state index in [1.165, 1.54) is 6.92 Å². The maximum absolute atomic E-state index is 12.3. The van der Waals surface area contributed by atoms with E-state index in [2.05, 4.69) is 0 Å². The van der Waals surface area contributed by atoms with Gasteiger partial charge in [-0.3, -0.25) is 9.59 Å². The van der Waals surface area contributed by atoms with Crippen LogP contribution in [0.25, 0.3) is 0 Å². The summed E-state index contributed by atoms with van der Waals surface area (Å²) in [5, 5.41) is 0. The first kappa shape index (κ1) is 16.7. The van der Waals surface area contributed by atoms with Gasteiger partial charge in [0.25, 0.3) is 0 Å². The summed E-state index contributed by atoms with van der Waals surface area (Å²) in [4.78, 5) is 23.2. The Morgan fingerprint density at radius 3 is 2.20 bits per heavy atom. The van der Waals surface area contributed by atoms with E-state index in [-0.39, 0.29) is 35.3 Å². The Bertz CT molecular complexity index is 629. The van der Waals surface area contributed by atoms with Crippen LogP contribution in [0.2, 0.25) is 0 Å². The fourth-order valence-corrected chi connectivity index (χ4v) is 1.82. The van der Waals surface area contributed by atoms with Crippen molar-refractivity contribution in [1.82, 2.24) is 4.57 Å². The summed E-state index contributed by atoms with van der Waals surface area (Å²) in [6.07, 6.45) is 0. The molecule has 0 saturated carbocycles. The van der Waals surface area contributed by atoms with Crippen LogP contribution in [0, 0.1) is 6.92 Å². The molecule has 1 aromatic heterocycles. The van der Waals surface area contributed by atoms with Crippen molar-refractivity contribution in [3.63, 3.8) is 0 Å². The number of carbonyl (C=O) groups excluding carboxylic acids is 2. The van der Waals surface area contributed by atoms with Crippen molar-refractivity contribution in [3.8, 4) is 5.88 Å². The molecule has 100 valence electrons. The summed E-state index contributed by atoms with van der Waals surface area (Å²) in [6.45, 7) is 3.30. The van der Waals surface area contributed by atoms with E-state index >= 15 is 0 Å². The minimum absolute atomic E-state index is 0. The van der Waals surface area contributed by atoms with Crippen LogP contribution >= 0.6 is 0 Å². The summed E-state index contributed by atoms with van der Waals surface area (Å²) < 4.78 is 6.58. The zero-order valence-electron chi connectivity index (χ0n) is 11.1. The molecule has 1 heterocycles. The van der Waals surface area contributed by atoms with Crippen LogP contribution in [-0.2, 0) is 11.8 Å². The molecule has 0 radical (unpaired) electrons. The molecule has 0 saturated heterocycles. The zero-order valence-corrected chi connectivity index (χ0v) is 11.1. The third-order valence-electron chi connectivity index (χ3n) is 2.87. The monoisotopic (exact) mass is 281 g/mol. The molecule has 0 unspecified atom stereocenters.